The number of phenolic OH excluding ortho intramolecular Hbond substituents is 2. The monoisotopic (exact) mass is 313 g/mol. The number of benzene rings is 3. The predicted molar refractivity (Wildman–Crippen MR) is 95.9 cm³/mol. The molecule has 0 spiro atoms. The van der Waals surface area contributed by atoms with Crippen LogP contribution in [0.1, 0.15) is 0 Å². The van der Waals surface area contributed by atoms with Gasteiger partial charge in [0.15, 0.2) is 0 Å². The number of hydrogen-bond acceptors (Lipinski definition) is 3. The van der Waals surface area contributed by atoms with E-state index in [1.807, 2.05) is 48.5 Å². The van der Waals surface area contributed by atoms with E-state index in [0.717, 1.165) is 22.0 Å². The molecule has 0 amide bonds. The van der Waals surface area contributed by atoms with Gasteiger partial charge in [0.2, 0.25) is 0 Å². The Labute approximate surface area is 139 Å². The van der Waals surface area contributed by atoms with Gasteiger partial charge in [0, 0.05) is 17.0 Å². The number of nitrogens with zero attached hydrogens (tertiary/aromatic N) is 1. The third-order valence-electron chi connectivity index (χ3n) is 4.06. The van der Waals surface area contributed by atoms with Gasteiger partial charge in [0.05, 0.1) is 11.2 Å². The molecule has 3 nitrogen and oxygen atoms in total. The lowest BCUT2D eigenvalue weighted by Crippen LogP contribution is -1.90. The standard InChI is InChI=1S/C21H15NO2/c23-15-10-11-17(21(24)12-15)20-13-18(14-6-2-1-3-7-14)16-8-4-5-9-19(16)22-20/h1-13,23-24H. The fraction of sp³-hybridized carbons (Fsp3) is 0. The molecule has 0 radical (unpaired) electrons. The van der Waals surface area contributed by atoms with Crippen LogP contribution in [0.3, 0.4) is 0 Å². The molecule has 24 heavy (non-hydrogen) atoms. The van der Waals surface area contributed by atoms with E-state index in [4.69, 9.17) is 0 Å². The van der Waals surface area contributed by atoms with Crippen LogP contribution in [0.25, 0.3) is 33.3 Å². The van der Waals surface area contributed by atoms with E-state index < -0.39 is 0 Å². The third-order valence-corrected chi connectivity index (χ3v) is 4.06. The number of fused-ring (bicyclic) bond motifs is 1. The molecular weight excluding hydrogens is 298 g/mol. The van der Waals surface area contributed by atoms with E-state index in [9.17, 15) is 10.2 Å². The first-order valence-corrected chi connectivity index (χ1v) is 7.70. The average molecular weight is 313 g/mol. The molecule has 2 N–H and O–H groups in total. The number of pyridine rings is 1. The minimum atomic E-state index is 0.0109. The van der Waals surface area contributed by atoms with Crippen molar-refractivity contribution in [1.82, 2.24) is 4.98 Å². The average Bonchev–Trinajstić information content (AvgIpc) is 2.61. The summed E-state index contributed by atoms with van der Waals surface area (Å²) in [5.41, 5.74) is 4.28. The molecule has 0 aliphatic rings. The minimum Gasteiger partial charge on any atom is -0.508 e. The summed E-state index contributed by atoms with van der Waals surface area (Å²) in [7, 11) is 0. The van der Waals surface area contributed by atoms with Crippen LogP contribution in [0.2, 0.25) is 0 Å². The SMILES string of the molecule is Oc1ccc(-c2cc(-c3ccccc3)c3ccccc3n2)c(O)c1. The summed E-state index contributed by atoms with van der Waals surface area (Å²) < 4.78 is 0. The molecule has 4 aromatic rings. The van der Waals surface area contributed by atoms with Gasteiger partial charge in [-0.15, -0.1) is 0 Å². The number of rotatable bonds is 2. The van der Waals surface area contributed by atoms with Crippen molar-refractivity contribution in [2.75, 3.05) is 0 Å². The van der Waals surface area contributed by atoms with Crippen LogP contribution in [0, 0.1) is 0 Å². The fourth-order valence-corrected chi connectivity index (χ4v) is 2.91. The molecular formula is C21H15NO2. The molecule has 0 atom stereocenters. The molecule has 0 aliphatic heterocycles. The number of hydrogen-bond donors (Lipinski definition) is 2. The topological polar surface area (TPSA) is 53.4 Å². The summed E-state index contributed by atoms with van der Waals surface area (Å²) in [4.78, 5) is 4.68. The molecule has 116 valence electrons. The molecule has 0 saturated carbocycles. The van der Waals surface area contributed by atoms with E-state index in [0.29, 0.717) is 11.3 Å². The van der Waals surface area contributed by atoms with E-state index >= 15 is 0 Å². The maximum absolute atomic E-state index is 10.2. The van der Waals surface area contributed by atoms with Crippen LogP contribution >= 0.6 is 0 Å². The first-order chi connectivity index (χ1) is 11.7. The van der Waals surface area contributed by atoms with E-state index in [1.165, 1.54) is 6.07 Å². The van der Waals surface area contributed by atoms with Crippen LogP contribution in [0.4, 0.5) is 0 Å². The second-order valence-corrected chi connectivity index (χ2v) is 5.64. The van der Waals surface area contributed by atoms with Crippen LogP contribution in [-0.4, -0.2) is 15.2 Å². The van der Waals surface area contributed by atoms with Gasteiger partial charge in [-0.05, 0) is 35.4 Å². The van der Waals surface area contributed by atoms with Gasteiger partial charge in [-0.25, -0.2) is 4.98 Å². The summed E-state index contributed by atoms with van der Waals surface area (Å²) in [5, 5.41) is 20.7. The normalized spacial score (nSPS) is 10.8. The van der Waals surface area contributed by atoms with Crippen LogP contribution in [0.15, 0.2) is 78.9 Å². The van der Waals surface area contributed by atoms with Gasteiger partial charge in [-0.1, -0.05) is 48.5 Å². The Bertz CT molecular complexity index is 1030. The molecule has 0 unspecified atom stereocenters. The third kappa shape index (κ3) is 2.46. The van der Waals surface area contributed by atoms with Crippen LogP contribution in [-0.2, 0) is 0 Å². The Morgan fingerprint density at radius 1 is 0.667 bits per heavy atom. The minimum absolute atomic E-state index is 0.0109. The highest BCUT2D eigenvalue weighted by Crippen LogP contribution is 2.36. The summed E-state index contributed by atoms with van der Waals surface area (Å²) in [6, 6.07) is 24.6. The molecule has 0 fully saturated rings. The van der Waals surface area contributed by atoms with Crippen molar-refractivity contribution in [3.63, 3.8) is 0 Å². The molecule has 4 rings (SSSR count). The van der Waals surface area contributed by atoms with Crippen molar-refractivity contribution < 1.29 is 10.2 Å². The lowest BCUT2D eigenvalue weighted by molar-refractivity contribution is 0.452. The maximum atomic E-state index is 10.2. The molecule has 1 heterocycles. The lowest BCUT2D eigenvalue weighted by atomic mass is 9.98. The van der Waals surface area contributed by atoms with Gasteiger partial charge in [-0.3, -0.25) is 0 Å². The molecule has 3 aromatic carbocycles. The van der Waals surface area contributed by atoms with Crippen molar-refractivity contribution in [2.45, 2.75) is 0 Å². The van der Waals surface area contributed by atoms with Crippen molar-refractivity contribution in [1.29, 1.82) is 0 Å². The van der Waals surface area contributed by atoms with Crippen molar-refractivity contribution in [3.05, 3.63) is 78.9 Å². The summed E-state index contributed by atoms with van der Waals surface area (Å²) >= 11 is 0. The van der Waals surface area contributed by atoms with Crippen LogP contribution in [0.5, 0.6) is 11.5 Å². The molecule has 0 saturated heterocycles. The number of aromatic hydroxyl groups is 2. The lowest BCUT2D eigenvalue weighted by Gasteiger charge is -2.11. The maximum Gasteiger partial charge on any atom is 0.128 e. The van der Waals surface area contributed by atoms with Gasteiger partial charge < -0.3 is 10.2 Å². The Morgan fingerprint density at radius 2 is 1.42 bits per heavy atom. The highest BCUT2D eigenvalue weighted by Gasteiger charge is 2.12. The molecule has 1 aromatic heterocycles. The summed E-state index contributed by atoms with van der Waals surface area (Å²) in [6.07, 6.45) is 0. The Kier molecular flexibility index (Phi) is 3.39. The highest BCUT2D eigenvalue weighted by molar-refractivity contribution is 5.97. The Balaban J connectivity index is 2.01. The predicted octanol–water partition coefficient (Wildman–Crippen LogP) is 4.98. The Morgan fingerprint density at radius 3 is 2.21 bits per heavy atom. The van der Waals surface area contributed by atoms with E-state index in [2.05, 4.69) is 17.1 Å². The molecule has 0 bridgehead atoms. The van der Waals surface area contributed by atoms with Gasteiger partial charge >= 0.3 is 0 Å². The van der Waals surface area contributed by atoms with Crippen molar-refractivity contribution in [2.24, 2.45) is 0 Å². The number of phenols is 2. The first-order valence-electron chi connectivity index (χ1n) is 7.70. The summed E-state index contributed by atoms with van der Waals surface area (Å²) in [6.45, 7) is 0. The Hall–Kier alpha value is -3.33. The smallest absolute Gasteiger partial charge is 0.128 e. The number of para-hydroxylation sites is 1. The van der Waals surface area contributed by atoms with E-state index in [1.54, 1.807) is 12.1 Å². The molecule has 3 heteroatoms. The molecule has 0 aliphatic carbocycles. The number of aromatic nitrogens is 1. The van der Waals surface area contributed by atoms with Crippen LogP contribution < -0.4 is 0 Å². The van der Waals surface area contributed by atoms with Gasteiger partial charge in [0.25, 0.3) is 0 Å². The second-order valence-electron chi connectivity index (χ2n) is 5.64. The van der Waals surface area contributed by atoms with Crippen molar-refractivity contribution in [3.8, 4) is 33.9 Å². The fourth-order valence-electron chi connectivity index (χ4n) is 2.91. The first kappa shape index (κ1) is 14.3. The summed E-state index contributed by atoms with van der Waals surface area (Å²) in [5.74, 6) is 0.0390. The largest absolute Gasteiger partial charge is 0.508 e. The zero-order valence-corrected chi connectivity index (χ0v) is 12.8. The van der Waals surface area contributed by atoms with Gasteiger partial charge in [0.1, 0.15) is 11.5 Å². The van der Waals surface area contributed by atoms with Gasteiger partial charge in [-0.2, -0.15) is 0 Å². The zero-order valence-electron chi connectivity index (χ0n) is 12.8. The zero-order chi connectivity index (χ0) is 16.5. The highest BCUT2D eigenvalue weighted by atomic mass is 16.3. The second kappa shape index (κ2) is 5.70. The quantitative estimate of drug-likeness (QED) is 0.549. The van der Waals surface area contributed by atoms with E-state index in [-0.39, 0.29) is 11.5 Å². The van der Waals surface area contributed by atoms with Crippen molar-refractivity contribution >= 4 is 10.9 Å².